The molecule has 0 unspecified atom stereocenters. The summed E-state index contributed by atoms with van der Waals surface area (Å²) in [5.74, 6) is 0.166. The van der Waals surface area contributed by atoms with Crippen LogP contribution in [0.5, 0.6) is 0 Å². The van der Waals surface area contributed by atoms with Crippen LogP contribution in [0.3, 0.4) is 0 Å². The van der Waals surface area contributed by atoms with Crippen molar-refractivity contribution in [2.45, 2.75) is 71.5 Å². The molecule has 3 nitrogen and oxygen atoms in total. The summed E-state index contributed by atoms with van der Waals surface area (Å²) in [5.41, 5.74) is 3.88. The van der Waals surface area contributed by atoms with E-state index in [2.05, 4.69) is 42.3 Å². The molecule has 1 aliphatic rings. The predicted octanol–water partition coefficient (Wildman–Crippen LogP) is 3.57. The minimum absolute atomic E-state index is 0.0948. The van der Waals surface area contributed by atoms with Gasteiger partial charge >= 0.3 is 0 Å². The molecular formula is C19H30N2O. The van der Waals surface area contributed by atoms with Gasteiger partial charge in [-0.15, -0.1) is 0 Å². The van der Waals surface area contributed by atoms with E-state index < -0.39 is 0 Å². The SMILES string of the molecule is Cc1ccc(CN(C)[C@H](C)C(=O)NC2CCCCC2)c(C)c1. The Kier molecular flexibility index (Phi) is 6.01. The maximum absolute atomic E-state index is 12.4. The third kappa shape index (κ3) is 4.57. The van der Waals surface area contributed by atoms with Gasteiger partial charge in [-0.1, -0.05) is 43.0 Å². The summed E-state index contributed by atoms with van der Waals surface area (Å²) < 4.78 is 0. The predicted molar refractivity (Wildman–Crippen MR) is 91.9 cm³/mol. The van der Waals surface area contributed by atoms with Gasteiger partial charge in [-0.2, -0.15) is 0 Å². The molecular weight excluding hydrogens is 272 g/mol. The quantitative estimate of drug-likeness (QED) is 0.902. The summed E-state index contributed by atoms with van der Waals surface area (Å²) in [7, 11) is 2.03. The van der Waals surface area contributed by atoms with Crippen LogP contribution in [0.2, 0.25) is 0 Å². The van der Waals surface area contributed by atoms with Gasteiger partial charge in [-0.3, -0.25) is 9.69 Å². The van der Waals surface area contributed by atoms with Crippen LogP contribution in [-0.4, -0.2) is 29.9 Å². The highest BCUT2D eigenvalue weighted by atomic mass is 16.2. The number of likely N-dealkylation sites (N-methyl/N-ethyl adjacent to an activating group) is 1. The molecule has 1 atom stereocenters. The molecule has 22 heavy (non-hydrogen) atoms. The van der Waals surface area contributed by atoms with E-state index in [1.54, 1.807) is 0 Å². The Balaban J connectivity index is 1.90. The van der Waals surface area contributed by atoms with Crippen molar-refractivity contribution >= 4 is 5.91 Å². The Labute approximate surface area is 135 Å². The zero-order valence-electron chi connectivity index (χ0n) is 14.5. The zero-order valence-corrected chi connectivity index (χ0v) is 14.5. The van der Waals surface area contributed by atoms with E-state index in [1.807, 2.05) is 14.0 Å². The maximum Gasteiger partial charge on any atom is 0.237 e. The average molecular weight is 302 g/mol. The van der Waals surface area contributed by atoms with Crippen molar-refractivity contribution in [2.75, 3.05) is 7.05 Å². The number of nitrogens with one attached hydrogen (secondary N) is 1. The number of benzene rings is 1. The van der Waals surface area contributed by atoms with Crippen LogP contribution in [-0.2, 0) is 11.3 Å². The number of amides is 1. The zero-order chi connectivity index (χ0) is 16.1. The molecule has 1 amide bonds. The van der Waals surface area contributed by atoms with E-state index in [-0.39, 0.29) is 11.9 Å². The summed E-state index contributed by atoms with van der Waals surface area (Å²) in [6, 6.07) is 6.81. The lowest BCUT2D eigenvalue weighted by Crippen LogP contribution is -2.47. The van der Waals surface area contributed by atoms with Crippen LogP contribution in [0.1, 0.15) is 55.7 Å². The van der Waals surface area contributed by atoms with E-state index >= 15 is 0 Å². The molecule has 0 spiro atoms. The Morgan fingerprint density at radius 3 is 2.59 bits per heavy atom. The Morgan fingerprint density at radius 2 is 1.95 bits per heavy atom. The molecule has 0 bridgehead atoms. The minimum Gasteiger partial charge on any atom is -0.352 e. The molecule has 1 aromatic carbocycles. The van der Waals surface area contributed by atoms with Gasteiger partial charge in [-0.05, 0) is 51.8 Å². The van der Waals surface area contributed by atoms with E-state index in [4.69, 9.17) is 0 Å². The van der Waals surface area contributed by atoms with Gasteiger partial charge in [0.1, 0.15) is 0 Å². The summed E-state index contributed by atoms with van der Waals surface area (Å²) >= 11 is 0. The fraction of sp³-hybridized carbons (Fsp3) is 0.632. The second-order valence-electron chi connectivity index (χ2n) is 6.86. The van der Waals surface area contributed by atoms with Crippen LogP contribution < -0.4 is 5.32 Å². The van der Waals surface area contributed by atoms with Crippen molar-refractivity contribution in [3.05, 3.63) is 34.9 Å². The fourth-order valence-electron chi connectivity index (χ4n) is 3.20. The second kappa shape index (κ2) is 7.77. The number of nitrogens with zero attached hydrogens (tertiary/aromatic N) is 1. The van der Waals surface area contributed by atoms with Gasteiger partial charge in [0.25, 0.3) is 0 Å². The third-order valence-corrected chi connectivity index (χ3v) is 4.91. The molecule has 1 aromatic rings. The van der Waals surface area contributed by atoms with Gasteiger partial charge in [0.15, 0.2) is 0 Å². The first-order valence-corrected chi connectivity index (χ1v) is 8.54. The lowest BCUT2D eigenvalue weighted by Gasteiger charge is -2.28. The van der Waals surface area contributed by atoms with Crippen molar-refractivity contribution in [2.24, 2.45) is 0 Å². The fourth-order valence-corrected chi connectivity index (χ4v) is 3.20. The van der Waals surface area contributed by atoms with E-state index in [1.165, 1.54) is 36.0 Å². The highest BCUT2D eigenvalue weighted by molar-refractivity contribution is 5.81. The Bertz CT molecular complexity index is 506. The summed E-state index contributed by atoms with van der Waals surface area (Å²) in [5, 5.41) is 3.23. The van der Waals surface area contributed by atoms with Crippen molar-refractivity contribution in [3.63, 3.8) is 0 Å². The molecule has 0 aliphatic heterocycles. The summed E-state index contributed by atoms with van der Waals surface area (Å²) in [4.78, 5) is 14.6. The average Bonchev–Trinajstić information content (AvgIpc) is 2.50. The number of aryl methyl sites for hydroxylation is 2. The first-order valence-electron chi connectivity index (χ1n) is 8.54. The standard InChI is InChI=1S/C19H30N2O/c1-14-10-11-17(15(2)12-14)13-21(4)16(3)19(22)20-18-8-6-5-7-9-18/h10-12,16,18H,5-9,13H2,1-4H3,(H,20,22)/t16-/m1/s1. The molecule has 0 saturated heterocycles. The van der Waals surface area contributed by atoms with Crippen LogP contribution in [0, 0.1) is 13.8 Å². The minimum atomic E-state index is -0.0948. The highest BCUT2D eigenvalue weighted by Gasteiger charge is 2.22. The normalized spacial score (nSPS) is 17.5. The molecule has 0 radical (unpaired) electrons. The number of hydrogen-bond acceptors (Lipinski definition) is 2. The summed E-state index contributed by atoms with van der Waals surface area (Å²) in [6.07, 6.45) is 6.09. The van der Waals surface area contributed by atoms with Crippen molar-refractivity contribution < 1.29 is 4.79 Å². The van der Waals surface area contributed by atoms with Gasteiger partial charge in [0.05, 0.1) is 6.04 Å². The molecule has 1 aliphatic carbocycles. The number of carbonyl (C=O) groups excluding carboxylic acids is 1. The molecule has 3 heteroatoms. The van der Waals surface area contributed by atoms with Crippen molar-refractivity contribution in [3.8, 4) is 0 Å². The van der Waals surface area contributed by atoms with Crippen LogP contribution >= 0.6 is 0 Å². The Hall–Kier alpha value is -1.35. The van der Waals surface area contributed by atoms with Crippen LogP contribution in [0.25, 0.3) is 0 Å². The largest absolute Gasteiger partial charge is 0.352 e. The van der Waals surface area contributed by atoms with Crippen LogP contribution in [0.4, 0.5) is 0 Å². The molecule has 1 N–H and O–H groups in total. The maximum atomic E-state index is 12.4. The lowest BCUT2D eigenvalue weighted by molar-refractivity contribution is -0.126. The van der Waals surface area contributed by atoms with Gasteiger partial charge in [0, 0.05) is 12.6 Å². The second-order valence-corrected chi connectivity index (χ2v) is 6.86. The highest BCUT2D eigenvalue weighted by Crippen LogP contribution is 2.18. The number of rotatable bonds is 5. The van der Waals surface area contributed by atoms with Crippen molar-refractivity contribution in [1.29, 1.82) is 0 Å². The van der Waals surface area contributed by atoms with E-state index in [9.17, 15) is 4.79 Å². The Morgan fingerprint density at radius 1 is 1.27 bits per heavy atom. The topological polar surface area (TPSA) is 32.3 Å². The lowest BCUT2D eigenvalue weighted by atomic mass is 9.95. The molecule has 1 saturated carbocycles. The number of hydrogen-bond donors (Lipinski definition) is 1. The van der Waals surface area contributed by atoms with Gasteiger partial charge in [0.2, 0.25) is 5.91 Å². The summed E-state index contributed by atoms with van der Waals surface area (Å²) in [6.45, 7) is 7.07. The van der Waals surface area contributed by atoms with Crippen molar-refractivity contribution in [1.82, 2.24) is 10.2 Å². The smallest absolute Gasteiger partial charge is 0.237 e. The van der Waals surface area contributed by atoms with E-state index in [0.717, 1.165) is 19.4 Å². The van der Waals surface area contributed by atoms with Gasteiger partial charge < -0.3 is 5.32 Å². The molecule has 0 aromatic heterocycles. The first-order chi connectivity index (χ1) is 10.5. The molecule has 1 fully saturated rings. The first kappa shape index (κ1) is 17.0. The number of carbonyl (C=O) groups is 1. The molecule has 122 valence electrons. The third-order valence-electron chi connectivity index (χ3n) is 4.91. The van der Waals surface area contributed by atoms with E-state index in [0.29, 0.717) is 6.04 Å². The van der Waals surface area contributed by atoms with Crippen LogP contribution in [0.15, 0.2) is 18.2 Å². The monoisotopic (exact) mass is 302 g/mol. The molecule has 2 rings (SSSR count). The van der Waals surface area contributed by atoms with Gasteiger partial charge in [-0.25, -0.2) is 0 Å². The molecule has 0 heterocycles.